The van der Waals surface area contributed by atoms with Gasteiger partial charge in [0.2, 0.25) is 11.8 Å². The maximum Gasteiger partial charge on any atom is 0.243 e. The van der Waals surface area contributed by atoms with Crippen LogP contribution in [0.1, 0.15) is 43.2 Å². The van der Waals surface area contributed by atoms with Crippen LogP contribution in [0, 0.1) is 13.8 Å². The van der Waals surface area contributed by atoms with Gasteiger partial charge in [0.15, 0.2) is 0 Å². The van der Waals surface area contributed by atoms with Crippen molar-refractivity contribution in [3.63, 3.8) is 0 Å². The molecule has 2 amide bonds. The molecule has 2 rings (SSSR count). The largest absolute Gasteiger partial charge is 0.389 e. The molecule has 0 aromatic heterocycles. The molecule has 0 unspecified atom stereocenters. The summed E-state index contributed by atoms with van der Waals surface area (Å²) in [6.07, 6.45) is 3.35. The molecule has 126 valence electrons. The van der Waals surface area contributed by atoms with E-state index in [9.17, 15) is 14.7 Å². The number of carbonyl (C=O) groups is 2. The molecule has 0 radical (unpaired) electrons. The van der Waals surface area contributed by atoms with Gasteiger partial charge in [-0.1, -0.05) is 31.0 Å². The Balaban J connectivity index is 1.90. The van der Waals surface area contributed by atoms with Crippen LogP contribution in [0.5, 0.6) is 0 Å². The van der Waals surface area contributed by atoms with Crippen LogP contribution in [0.15, 0.2) is 18.2 Å². The maximum absolute atomic E-state index is 12.2. The van der Waals surface area contributed by atoms with Crippen molar-refractivity contribution < 1.29 is 14.7 Å². The molecule has 0 heterocycles. The van der Waals surface area contributed by atoms with E-state index >= 15 is 0 Å². The van der Waals surface area contributed by atoms with Gasteiger partial charge in [0.05, 0.1) is 18.6 Å². The third-order valence-corrected chi connectivity index (χ3v) is 4.57. The molecule has 5 nitrogen and oxygen atoms in total. The van der Waals surface area contributed by atoms with Crippen LogP contribution in [-0.2, 0) is 9.59 Å². The van der Waals surface area contributed by atoms with E-state index in [0.717, 1.165) is 29.7 Å². The molecule has 1 aliphatic carbocycles. The van der Waals surface area contributed by atoms with Crippen LogP contribution in [0.3, 0.4) is 0 Å². The minimum atomic E-state index is -0.881. The lowest BCUT2D eigenvalue weighted by Gasteiger charge is -2.25. The van der Waals surface area contributed by atoms with Crippen molar-refractivity contribution in [2.45, 2.75) is 51.6 Å². The van der Waals surface area contributed by atoms with Crippen molar-refractivity contribution in [3.8, 4) is 0 Å². The SMILES string of the molecule is Cc1cccc(C)c1NC(=O)CN(C)C(=O)CC1(O)CCCC1. The second-order valence-corrected chi connectivity index (χ2v) is 6.67. The van der Waals surface area contributed by atoms with Crippen LogP contribution < -0.4 is 5.32 Å². The summed E-state index contributed by atoms with van der Waals surface area (Å²) in [6.45, 7) is 3.86. The first kappa shape index (κ1) is 17.5. The van der Waals surface area contributed by atoms with Crippen molar-refractivity contribution >= 4 is 17.5 Å². The number of para-hydroxylation sites is 1. The highest BCUT2D eigenvalue weighted by molar-refractivity contribution is 5.95. The first-order valence-corrected chi connectivity index (χ1v) is 8.13. The lowest BCUT2D eigenvalue weighted by molar-refractivity contribution is -0.137. The molecule has 0 atom stereocenters. The predicted octanol–water partition coefficient (Wildman–Crippen LogP) is 2.40. The Hall–Kier alpha value is -1.88. The molecule has 0 saturated heterocycles. The number of anilines is 1. The zero-order chi connectivity index (χ0) is 17.0. The summed E-state index contributed by atoms with van der Waals surface area (Å²) in [6, 6.07) is 5.82. The molecule has 2 N–H and O–H groups in total. The van der Waals surface area contributed by atoms with E-state index in [2.05, 4.69) is 5.32 Å². The van der Waals surface area contributed by atoms with Gasteiger partial charge in [-0.25, -0.2) is 0 Å². The number of aliphatic hydroxyl groups is 1. The van der Waals surface area contributed by atoms with Crippen molar-refractivity contribution in [1.82, 2.24) is 4.90 Å². The summed E-state index contributed by atoms with van der Waals surface area (Å²) in [5.41, 5.74) is 1.90. The highest BCUT2D eigenvalue weighted by Gasteiger charge is 2.34. The quantitative estimate of drug-likeness (QED) is 0.876. The molecular formula is C18H26N2O3. The van der Waals surface area contributed by atoms with Gasteiger partial charge in [-0.05, 0) is 37.8 Å². The summed E-state index contributed by atoms with van der Waals surface area (Å²) in [5, 5.41) is 13.2. The lowest BCUT2D eigenvalue weighted by atomic mass is 9.97. The Morgan fingerprint density at radius 3 is 2.35 bits per heavy atom. The highest BCUT2D eigenvalue weighted by Crippen LogP contribution is 2.32. The van der Waals surface area contributed by atoms with Crippen LogP contribution in [0.2, 0.25) is 0 Å². The van der Waals surface area contributed by atoms with E-state index in [1.807, 2.05) is 32.0 Å². The Morgan fingerprint density at radius 1 is 1.22 bits per heavy atom. The summed E-state index contributed by atoms with van der Waals surface area (Å²) in [5.74, 6) is -0.414. The molecule has 1 aromatic carbocycles. The maximum atomic E-state index is 12.2. The Bertz CT molecular complexity index is 572. The number of hydrogen-bond acceptors (Lipinski definition) is 3. The predicted molar refractivity (Wildman–Crippen MR) is 90.2 cm³/mol. The van der Waals surface area contributed by atoms with Gasteiger partial charge in [0.25, 0.3) is 0 Å². The second kappa shape index (κ2) is 7.13. The van der Waals surface area contributed by atoms with E-state index in [-0.39, 0.29) is 24.8 Å². The fraction of sp³-hybridized carbons (Fsp3) is 0.556. The summed E-state index contributed by atoms with van der Waals surface area (Å²) >= 11 is 0. The number of likely N-dealkylation sites (N-methyl/N-ethyl adjacent to an activating group) is 1. The number of benzene rings is 1. The van der Waals surface area contributed by atoms with Gasteiger partial charge in [-0.2, -0.15) is 0 Å². The normalized spacial score (nSPS) is 16.2. The standard InChI is InChI=1S/C18H26N2O3/c1-13-7-6-8-14(2)17(13)19-15(21)12-20(3)16(22)11-18(23)9-4-5-10-18/h6-8,23H,4-5,9-12H2,1-3H3,(H,19,21). The number of aryl methyl sites for hydroxylation is 2. The van der Waals surface area contributed by atoms with Crippen LogP contribution >= 0.6 is 0 Å². The number of amides is 2. The molecule has 0 bridgehead atoms. The molecule has 1 saturated carbocycles. The topological polar surface area (TPSA) is 69.6 Å². The van der Waals surface area contributed by atoms with Gasteiger partial charge in [-0.15, -0.1) is 0 Å². The summed E-state index contributed by atoms with van der Waals surface area (Å²) < 4.78 is 0. The van der Waals surface area contributed by atoms with E-state index in [0.29, 0.717) is 12.8 Å². The Labute approximate surface area is 137 Å². The smallest absolute Gasteiger partial charge is 0.243 e. The molecule has 0 aliphatic heterocycles. The number of rotatable bonds is 5. The van der Waals surface area contributed by atoms with Crippen molar-refractivity contribution in [3.05, 3.63) is 29.3 Å². The first-order valence-electron chi connectivity index (χ1n) is 8.13. The van der Waals surface area contributed by atoms with E-state index in [1.165, 1.54) is 4.90 Å². The van der Waals surface area contributed by atoms with Crippen molar-refractivity contribution in [2.75, 3.05) is 18.9 Å². The van der Waals surface area contributed by atoms with Gasteiger partial charge in [-0.3, -0.25) is 9.59 Å². The average molecular weight is 318 g/mol. The minimum absolute atomic E-state index is 0.0112. The Morgan fingerprint density at radius 2 is 1.78 bits per heavy atom. The molecular weight excluding hydrogens is 292 g/mol. The van der Waals surface area contributed by atoms with Crippen LogP contribution in [0.25, 0.3) is 0 Å². The molecule has 1 aliphatic rings. The summed E-state index contributed by atoms with van der Waals surface area (Å²) in [7, 11) is 1.60. The van der Waals surface area contributed by atoms with E-state index in [1.54, 1.807) is 7.05 Å². The van der Waals surface area contributed by atoms with Gasteiger partial charge in [0.1, 0.15) is 0 Å². The van der Waals surface area contributed by atoms with Crippen molar-refractivity contribution in [2.24, 2.45) is 0 Å². The second-order valence-electron chi connectivity index (χ2n) is 6.67. The van der Waals surface area contributed by atoms with Gasteiger partial charge < -0.3 is 15.3 Å². The molecule has 0 spiro atoms. The van der Waals surface area contributed by atoms with Gasteiger partial charge in [0, 0.05) is 12.7 Å². The summed E-state index contributed by atoms with van der Waals surface area (Å²) in [4.78, 5) is 25.8. The number of nitrogens with one attached hydrogen (secondary N) is 1. The van der Waals surface area contributed by atoms with Crippen LogP contribution in [-0.4, -0.2) is 41.0 Å². The number of hydrogen-bond donors (Lipinski definition) is 2. The van der Waals surface area contributed by atoms with Crippen molar-refractivity contribution in [1.29, 1.82) is 0 Å². The van der Waals surface area contributed by atoms with E-state index < -0.39 is 5.60 Å². The van der Waals surface area contributed by atoms with Crippen LogP contribution in [0.4, 0.5) is 5.69 Å². The average Bonchev–Trinajstić information content (AvgIpc) is 2.89. The number of carbonyl (C=O) groups excluding carboxylic acids is 2. The third-order valence-electron chi connectivity index (χ3n) is 4.57. The molecule has 1 aromatic rings. The zero-order valence-corrected chi connectivity index (χ0v) is 14.2. The molecule has 1 fully saturated rings. The van der Waals surface area contributed by atoms with E-state index in [4.69, 9.17) is 0 Å². The lowest BCUT2D eigenvalue weighted by Crippen LogP contribution is -2.39. The zero-order valence-electron chi connectivity index (χ0n) is 14.2. The molecule has 5 heteroatoms. The third kappa shape index (κ3) is 4.55. The Kier molecular flexibility index (Phi) is 5.42. The fourth-order valence-electron chi connectivity index (χ4n) is 3.12. The fourth-order valence-corrected chi connectivity index (χ4v) is 3.12. The molecule has 23 heavy (non-hydrogen) atoms. The highest BCUT2D eigenvalue weighted by atomic mass is 16.3. The number of nitrogens with zero attached hydrogens (tertiary/aromatic N) is 1. The minimum Gasteiger partial charge on any atom is -0.389 e. The monoisotopic (exact) mass is 318 g/mol. The first-order chi connectivity index (χ1) is 10.8. The van der Waals surface area contributed by atoms with Gasteiger partial charge >= 0.3 is 0 Å².